The summed E-state index contributed by atoms with van der Waals surface area (Å²) in [4.78, 5) is 0. The molecule has 2 nitrogen and oxygen atoms in total. The number of rotatable bonds is 10. The van der Waals surface area contributed by atoms with Gasteiger partial charge in [0.05, 0.1) is 6.61 Å². The first kappa shape index (κ1) is 27.4. The van der Waals surface area contributed by atoms with E-state index in [2.05, 4.69) is 128 Å². The van der Waals surface area contributed by atoms with Gasteiger partial charge in [-0.2, -0.15) is 0 Å². The van der Waals surface area contributed by atoms with Crippen LogP contribution in [0.1, 0.15) is 73.9 Å². The minimum Gasteiger partial charge on any atom is -0.415 e. The summed E-state index contributed by atoms with van der Waals surface area (Å²) in [7, 11) is -1.86. The molecular formula is C30H45NOSi. The smallest absolute Gasteiger partial charge is 0.200 e. The van der Waals surface area contributed by atoms with Crippen molar-refractivity contribution in [1.82, 2.24) is 5.32 Å². The maximum Gasteiger partial charge on any atom is 0.200 e. The monoisotopic (exact) mass is 463 g/mol. The number of allylic oxidation sites excluding steroid dienone is 1. The first-order valence-electron chi connectivity index (χ1n) is 12.5. The second-order valence-corrected chi connectivity index (χ2v) is 16.3. The van der Waals surface area contributed by atoms with Crippen molar-refractivity contribution < 1.29 is 4.43 Å². The van der Waals surface area contributed by atoms with Crippen LogP contribution in [0.3, 0.4) is 0 Å². The van der Waals surface area contributed by atoms with Gasteiger partial charge < -0.3 is 9.74 Å². The Hall–Kier alpha value is -1.86. The zero-order chi connectivity index (χ0) is 24.6. The Morgan fingerprint density at radius 3 is 2.15 bits per heavy atom. The summed E-state index contributed by atoms with van der Waals surface area (Å²) in [6.45, 7) is 22.1. The molecule has 2 rings (SSSR count). The third-order valence-corrected chi connectivity index (χ3v) is 12.9. The SMILES string of the molecule is CC(NC/C=C/C#CC(C)(C)CO[Si](C(C)C)(C(C)C)C(C)C)c1cccc2ccccc12. The molecule has 180 valence electrons. The summed E-state index contributed by atoms with van der Waals surface area (Å²) >= 11 is 0. The van der Waals surface area contributed by atoms with Crippen molar-refractivity contribution in [3.8, 4) is 11.8 Å². The molecule has 0 saturated heterocycles. The zero-order valence-electron chi connectivity index (χ0n) is 22.3. The lowest BCUT2D eigenvalue weighted by molar-refractivity contribution is 0.202. The van der Waals surface area contributed by atoms with E-state index in [1.807, 2.05) is 6.08 Å². The van der Waals surface area contributed by atoms with Crippen LogP contribution in [0.5, 0.6) is 0 Å². The van der Waals surface area contributed by atoms with Crippen LogP contribution in [0.25, 0.3) is 10.8 Å². The molecule has 2 aromatic carbocycles. The molecule has 0 amide bonds. The highest BCUT2D eigenvalue weighted by Gasteiger charge is 2.45. The van der Waals surface area contributed by atoms with Crippen LogP contribution in [-0.2, 0) is 4.43 Å². The fourth-order valence-electron chi connectivity index (χ4n) is 5.18. The Balaban J connectivity index is 1.93. The standard InChI is InChI=1S/C30H45NOSi/c1-23(2)33(24(3)4,25(5)6)32-22-30(8,9)20-13-10-14-21-31-26(7)28-19-15-17-27-16-11-12-18-29(27)28/h10-12,14-19,23-26,31H,21-22H2,1-9H3/b14-10+. The molecule has 0 spiro atoms. The van der Waals surface area contributed by atoms with Gasteiger partial charge in [-0.25, -0.2) is 0 Å². The average Bonchev–Trinajstić information content (AvgIpc) is 2.75. The van der Waals surface area contributed by atoms with Gasteiger partial charge in [0.25, 0.3) is 0 Å². The number of hydrogen-bond acceptors (Lipinski definition) is 2. The van der Waals surface area contributed by atoms with Crippen LogP contribution in [0.15, 0.2) is 54.6 Å². The van der Waals surface area contributed by atoms with Crippen molar-refractivity contribution in [2.24, 2.45) is 5.41 Å². The molecule has 2 aromatic rings. The summed E-state index contributed by atoms with van der Waals surface area (Å²) in [6.07, 6.45) is 4.09. The van der Waals surface area contributed by atoms with E-state index in [1.165, 1.54) is 16.3 Å². The van der Waals surface area contributed by atoms with E-state index in [0.29, 0.717) is 23.2 Å². The van der Waals surface area contributed by atoms with E-state index in [1.54, 1.807) is 0 Å². The van der Waals surface area contributed by atoms with Gasteiger partial charge in [-0.3, -0.25) is 0 Å². The first-order chi connectivity index (χ1) is 15.5. The van der Waals surface area contributed by atoms with E-state index in [0.717, 1.165) is 6.54 Å². The minimum atomic E-state index is -1.86. The molecule has 0 fully saturated rings. The minimum absolute atomic E-state index is 0.162. The van der Waals surface area contributed by atoms with Crippen molar-refractivity contribution in [3.05, 3.63) is 60.2 Å². The van der Waals surface area contributed by atoms with Gasteiger partial charge in [-0.1, -0.05) is 102 Å². The fourth-order valence-corrected chi connectivity index (χ4v) is 10.8. The lowest BCUT2D eigenvalue weighted by Crippen LogP contribution is -2.49. The third kappa shape index (κ3) is 7.06. The van der Waals surface area contributed by atoms with E-state index in [9.17, 15) is 0 Å². The molecule has 1 atom stereocenters. The second-order valence-electron chi connectivity index (χ2n) is 10.9. The van der Waals surface area contributed by atoms with E-state index >= 15 is 0 Å². The molecule has 3 heteroatoms. The predicted molar refractivity (Wildman–Crippen MR) is 148 cm³/mol. The Morgan fingerprint density at radius 1 is 0.909 bits per heavy atom. The van der Waals surface area contributed by atoms with Gasteiger partial charge in [0.1, 0.15) is 0 Å². The summed E-state index contributed by atoms with van der Waals surface area (Å²) < 4.78 is 6.77. The number of fused-ring (bicyclic) bond motifs is 1. The van der Waals surface area contributed by atoms with E-state index in [4.69, 9.17) is 4.43 Å². The number of hydrogen-bond donors (Lipinski definition) is 1. The molecule has 0 radical (unpaired) electrons. The molecule has 0 saturated carbocycles. The van der Waals surface area contributed by atoms with Crippen LogP contribution in [0.4, 0.5) is 0 Å². The van der Waals surface area contributed by atoms with Crippen LogP contribution in [0.2, 0.25) is 16.6 Å². The number of benzene rings is 2. The third-order valence-electron chi connectivity index (χ3n) is 6.83. The molecule has 0 aliphatic heterocycles. The predicted octanol–water partition coefficient (Wildman–Crippen LogP) is 8.27. The van der Waals surface area contributed by atoms with Crippen molar-refractivity contribution in [3.63, 3.8) is 0 Å². The molecule has 0 aromatic heterocycles. The lowest BCUT2D eigenvalue weighted by atomic mass is 9.96. The van der Waals surface area contributed by atoms with Gasteiger partial charge in [0.2, 0.25) is 0 Å². The van der Waals surface area contributed by atoms with Crippen LogP contribution in [-0.4, -0.2) is 21.5 Å². The van der Waals surface area contributed by atoms with E-state index in [-0.39, 0.29) is 11.5 Å². The highest BCUT2D eigenvalue weighted by atomic mass is 28.4. The Labute approximate surface area is 204 Å². The Bertz CT molecular complexity index is 950. The highest BCUT2D eigenvalue weighted by Crippen LogP contribution is 2.43. The van der Waals surface area contributed by atoms with Crippen molar-refractivity contribution in [1.29, 1.82) is 0 Å². The molecule has 0 aliphatic carbocycles. The molecular weight excluding hydrogens is 418 g/mol. The largest absolute Gasteiger partial charge is 0.415 e. The Kier molecular flexibility index (Phi) is 9.97. The summed E-state index contributed by atoms with van der Waals surface area (Å²) in [5.41, 5.74) is 2.95. The topological polar surface area (TPSA) is 21.3 Å². The van der Waals surface area contributed by atoms with Crippen molar-refractivity contribution >= 4 is 19.1 Å². The maximum atomic E-state index is 6.77. The van der Waals surface area contributed by atoms with Crippen LogP contribution >= 0.6 is 0 Å². The van der Waals surface area contributed by atoms with Gasteiger partial charge in [0, 0.05) is 18.0 Å². The molecule has 1 unspecified atom stereocenters. The highest BCUT2D eigenvalue weighted by molar-refractivity contribution is 6.77. The van der Waals surface area contributed by atoms with Crippen molar-refractivity contribution in [2.75, 3.05) is 13.2 Å². The van der Waals surface area contributed by atoms with E-state index < -0.39 is 8.32 Å². The summed E-state index contributed by atoms with van der Waals surface area (Å²) in [6, 6.07) is 15.4. The molecule has 0 bridgehead atoms. The second kappa shape index (κ2) is 12.0. The van der Waals surface area contributed by atoms with Gasteiger partial charge >= 0.3 is 0 Å². The first-order valence-corrected chi connectivity index (χ1v) is 14.7. The quantitative estimate of drug-likeness (QED) is 0.283. The van der Waals surface area contributed by atoms with Crippen LogP contribution < -0.4 is 5.32 Å². The lowest BCUT2D eigenvalue weighted by Gasteiger charge is -2.43. The van der Waals surface area contributed by atoms with Gasteiger partial charge in [-0.15, -0.1) is 0 Å². The van der Waals surface area contributed by atoms with Gasteiger partial charge in [-0.05, 0) is 59.8 Å². The molecule has 33 heavy (non-hydrogen) atoms. The number of nitrogens with one attached hydrogen (secondary N) is 1. The van der Waals surface area contributed by atoms with Gasteiger partial charge in [0.15, 0.2) is 8.32 Å². The summed E-state index contributed by atoms with van der Waals surface area (Å²) in [5, 5.41) is 6.20. The van der Waals surface area contributed by atoms with Crippen LogP contribution in [0, 0.1) is 17.3 Å². The molecule has 0 aliphatic rings. The zero-order valence-corrected chi connectivity index (χ0v) is 23.3. The normalized spacial score (nSPS) is 13.8. The average molecular weight is 464 g/mol. The molecule has 1 N–H and O–H groups in total. The Morgan fingerprint density at radius 2 is 1.52 bits per heavy atom. The summed E-state index contributed by atoms with van der Waals surface area (Å²) in [5.74, 6) is 6.68. The maximum absolute atomic E-state index is 6.77. The molecule has 0 heterocycles. The fraction of sp³-hybridized carbons (Fsp3) is 0.533. The van der Waals surface area contributed by atoms with Crippen molar-refractivity contribution in [2.45, 2.75) is 85.0 Å².